The smallest absolute Gasteiger partial charge is 0.240 e. The third-order valence-electron chi connectivity index (χ3n) is 3.63. The van der Waals surface area contributed by atoms with Crippen molar-refractivity contribution in [2.45, 2.75) is 27.7 Å². The normalized spacial score (nSPS) is 10.9. The lowest BCUT2D eigenvalue weighted by Gasteiger charge is -2.16. The van der Waals surface area contributed by atoms with Crippen LogP contribution in [0.1, 0.15) is 21.7 Å². The molecule has 0 aliphatic carbocycles. The van der Waals surface area contributed by atoms with Gasteiger partial charge in [-0.25, -0.2) is 4.98 Å². The first-order chi connectivity index (χ1) is 11.3. The van der Waals surface area contributed by atoms with Crippen molar-refractivity contribution in [1.29, 1.82) is 0 Å². The third-order valence-corrected chi connectivity index (χ3v) is 4.61. The Bertz CT molecular complexity index is 673. The number of benzene rings is 1. The number of ether oxygens (including phenoxy) is 1. The van der Waals surface area contributed by atoms with Crippen LogP contribution in [0.2, 0.25) is 0 Å². The second-order valence-corrected chi connectivity index (χ2v) is 7.32. The second-order valence-electron chi connectivity index (χ2n) is 6.12. The molecule has 1 aromatic carbocycles. The summed E-state index contributed by atoms with van der Waals surface area (Å²) in [5.74, 6) is 0.816. The molecule has 5 nitrogen and oxygen atoms in total. The molecule has 1 N–H and O–H groups in total. The number of amides is 1. The number of likely N-dealkylation sites (N-methyl/N-ethyl adjacent to an activating group) is 1. The van der Waals surface area contributed by atoms with Crippen LogP contribution in [-0.2, 0) is 4.79 Å². The molecular formula is C18H25N3O2S. The highest BCUT2D eigenvalue weighted by molar-refractivity contribution is 7.15. The number of nitrogens with zero attached hydrogens (tertiary/aromatic N) is 2. The van der Waals surface area contributed by atoms with Crippen molar-refractivity contribution < 1.29 is 9.53 Å². The van der Waals surface area contributed by atoms with Crippen molar-refractivity contribution in [3.63, 3.8) is 0 Å². The summed E-state index contributed by atoms with van der Waals surface area (Å²) in [6.45, 7) is 9.58. The lowest BCUT2D eigenvalue weighted by Crippen LogP contribution is -2.33. The number of anilines is 1. The fourth-order valence-electron chi connectivity index (χ4n) is 2.34. The average molecular weight is 347 g/mol. The molecule has 0 atom stereocenters. The van der Waals surface area contributed by atoms with E-state index >= 15 is 0 Å². The van der Waals surface area contributed by atoms with Crippen molar-refractivity contribution in [3.8, 4) is 5.75 Å². The molecule has 0 aliphatic heterocycles. The van der Waals surface area contributed by atoms with Gasteiger partial charge in [-0.3, -0.25) is 9.69 Å². The van der Waals surface area contributed by atoms with Gasteiger partial charge in [0.1, 0.15) is 12.4 Å². The number of carbonyl (C=O) groups is 1. The van der Waals surface area contributed by atoms with Crippen molar-refractivity contribution in [3.05, 3.63) is 39.9 Å². The molecule has 2 rings (SSSR count). The van der Waals surface area contributed by atoms with Crippen molar-refractivity contribution in [2.75, 3.05) is 32.1 Å². The Morgan fingerprint density at radius 1 is 1.21 bits per heavy atom. The number of hydrogen-bond acceptors (Lipinski definition) is 5. The van der Waals surface area contributed by atoms with Gasteiger partial charge in [0, 0.05) is 11.4 Å². The summed E-state index contributed by atoms with van der Waals surface area (Å²) >= 11 is 1.50. The molecule has 1 heterocycles. The molecule has 24 heavy (non-hydrogen) atoms. The maximum absolute atomic E-state index is 12.0. The van der Waals surface area contributed by atoms with E-state index in [1.54, 1.807) is 0 Å². The highest BCUT2D eigenvalue weighted by atomic mass is 32.1. The fourth-order valence-corrected chi connectivity index (χ4v) is 3.18. The number of hydrogen-bond donors (Lipinski definition) is 1. The van der Waals surface area contributed by atoms with Crippen LogP contribution in [0.15, 0.2) is 18.2 Å². The van der Waals surface area contributed by atoms with E-state index in [0.717, 1.165) is 16.3 Å². The molecule has 0 spiro atoms. The minimum atomic E-state index is -0.0577. The van der Waals surface area contributed by atoms with Crippen LogP contribution >= 0.6 is 11.3 Å². The standard InChI is InChI=1S/C18H25N3O2S/c1-12-8-13(2)10-16(9-12)23-7-6-21(5)11-17(22)20-18-19-14(3)15(4)24-18/h8-10H,6-7,11H2,1-5H3,(H,19,20,22). The molecule has 0 saturated heterocycles. The quantitative estimate of drug-likeness (QED) is 0.835. The van der Waals surface area contributed by atoms with Gasteiger partial charge in [-0.2, -0.15) is 0 Å². The van der Waals surface area contributed by atoms with Crippen LogP contribution in [0, 0.1) is 27.7 Å². The topological polar surface area (TPSA) is 54.5 Å². The summed E-state index contributed by atoms with van der Waals surface area (Å²) < 4.78 is 5.77. The van der Waals surface area contributed by atoms with E-state index in [1.807, 2.05) is 37.9 Å². The Labute approximate surface area is 147 Å². The maximum atomic E-state index is 12.0. The van der Waals surface area contributed by atoms with Crippen molar-refractivity contribution in [1.82, 2.24) is 9.88 Å². The van der Waals surface area contributed by atoms with Gasteiger partial charge < -0.3 is 10.1 Å². The monoisotopic (exact) mass is 347 g/mol. The number of carbonyl (C=O) groups excluding carboxylic acids is 1. The lowest BCUT2D eigenvalue weighted by molar-refractivity contribution is -0.117. The zero-order valence-corrected chi connectivity index (χ0v) is 15.8. The Hall–Kier alpha value is -1.92. The van der Waals surface area contributed by atoms with Gasteiger partial charge in [-0.1, -0.05) is 6.07 Å². The molecule has 2 aromatic rings. The van der Waals surface area contributed by atoms with Crippen LogP contribution in [0.3, 0.4) is 0 Å². The number of nitrogens with one attached hydrogen (secondary N) is 1. The molecular weight excluding hydrogens is 322 g/mol. The first-order valence-electron chi connectivity index (χ1n) is 7.97. The van der Waals surface area contributed by atoms with Gasteiger partial charge in [0.05, 0.1) is 12.2 Å². The third kappa shape index (κ3) is 5.62. The van der Waals surface area contributed by atoms with Gasteiger partial charge in [-0.05, 0) is 58.0 Å². The van der Waals surface area contributed by atoms with Crippen molar-refractivity contribution >= 4 is 22.4 Å². The SMILES string of the molecule is Cc1cc(C)cc(OCCN(C)CC(=O)Nc2nc(C)c(C)s2)c1. The molecule has 0 radical (unpaired) electrons. The second kappa shape index (κ2) is 8.26. The zero-order chi connectivity index (χ0) is 17.7. The number of aromatic nitrogens is 1. The highest BCUT2D eigenvalue weighted by Gasteiger charge is 2.10. The van der Waals surface area contributed by atoms with Crippen LogP contribution in [0.5, 0.6) is 5.75 Å². The Morgan fingerprint density at radius 3 is 2.46 bits per heavy atom. The van der Waals surface area contributed by atoms with E-state index in [9.17, 15) is 4.79 Å². The van der Waals surface area contributed by atoms with Crippen LogP contribution in [0.25, 0.3) is 0 Å². The minimum Gasteiger partial charge on any atom is -0.492 e. The van der Waals surface area contributed by atoms with Crippen LogP contribution < -0.4 is 10.1 Å². The molecule has 0 saturated carbocycles. The molecule has 0 unspecified atom stereocenters. The number of thiazole rings is 1. The molecule has 6 heteroatoms. The van der Waals surface area contributed by atoms with Gasteiger partial charge in [0.25, 0.3) is 0 Å². The van der Waals surface area contributed by atoms with E-state index in [0.29, 0.717) is 24.8 Å². The number of aryl methyl sites for hydroxylation is 4. The minimum absolute atomic E-state index is 0.0577. The van der Waals surface area contributed by atoms with Gasteiger partial charge in [-0.15, -0.1) is 11.3 Å². The first kappa shape index (κ1) is 18.4. The largest absolute Gasteiger partial charge is 0.492 e. The summed E-state index contributed by atoms with van der Waals surface area (Å²) in [5.41, 5.74) is 3.34. The molecule has 0 bridgehead atoms. The summed E-state index contributed by atoms with van der Waals surface area (Å²) in [5, 5.41) is 3.51. The van der Waals surface area contributed by atoms with Gasteiger partial charge >= 0.3 is 0 Å². The Kier molecular flexibility index (Phi) is 6.34. The summed E-state index contributed by atoms with van der Waals surface area (Å²) in [4.78, 5) is 19.4. The highest BCUT2D eigenvalue weighted by Crippen LogP contribution is 2.21. The lowest BCUT2D eigenvalue weighted by atomic mass is 10.1. The molecule has 1 aromatic heterocycles. The molecule has 130 valence electrons. The molecule has 0 aliphatic rings. The van der Waals surface area contributed by atoms with E-state index < -0.39 is 0 Å². The molecule has 0 fully saturated rings. The van der Waals surface area contributed by atoms with Gasteiger partial charge in [0.15, 0.2) is 5.13 Å². The summed E-state index contributed by atoms with van der Waals surface area (Å²) in [7, 11) is 1.91. The van der Waals surface area contributed by atoms with E-state index in [2.05, 4.69) is 30.2 Å². The first-order valence-corrected chi connectivity index (χ1v) is 8.78. The van der Waals surface area contributed by atoms with E-state index in [4.69, 9.17) is 4.74 Å². The average Bonchev–Trinajstić information content (AvgIpc) is 2.75. The maximum Gasteiger partial charge on any atom is 0.240 e. The number of rotatable bonds is 7. The summed E-state index contributed by atoms with van der Waals surface area (Å²) in [6.07, 6.45) is 0. The van der Waals surface area contributed by atoms with E-state index in [-0.39, 0.29) is 5.91 Å². The fraction of sp³-hybridized carbons (Fsp3) is 0.444. The predicted octanol–water partition coefficient (Wildman–Crippen LogP) is 3.33. The molecule has 1 amide bonds. The van der Waals surface area contributed by atoms with Gasteiger partial charge in [0.2, 0.25) is 5.91 Å². The van der Waals surface area contributed by atoms with Crippen molar-refractivity contribution in [2.24, 2.45) is 0 Å². The Morgan fingerprint density at radius 2 is 1.88 bits per heavy atom. The Balaban J connectivity index is 1.74. The van der Waals surface area contributed by atoms with Crippen LogP contribution in [0.4, 0.5) is 5.13 Å². The zero-order valence-electron chi connectivity index (χ0n) is 15.0. The summed E-state index contributed by atoms with van der Waals surface area (Å²) in [6, 6.07) is 6.16. The van der Waals surface area contributed by atoms with Crippen LogP contribution in [-0.4, -0.2) is 42.5 Å². The van der Waals surface area contributed by atoms with E-state index in [1.165, 1.54) is 22.5 Å². The predicted molar refractivity (Wildman–Crippen MR) is 99.1 cm³/mol.